The van der Waals surface area contributed by atoms with Crippen LogP contribution in [0.4, 0.5) is 0 Å². The summed E-state index contributed by atoms with van der Waals surface area (Å²) in [5, 5.41) is 0.784. The number of imidazole rings is 1. The molecule has 0 N–H and O–H groups in total. The Bertz CT molecular complexity index is 656. The Hall–Kier alpha value is -1.80. The molecule has 3 aromatic rings. The van der Waals surface area contributed by atoms with E-state index in [9.17, 15) is 0 Å². The molecular formula is C15H13ClN2. The van der Waals surface area contributed by atoms with Gasteiger partial charge in [-0.2, -0.15) is 0 Å². The second kappa shape index (κ2) is 4.83. The number of nitrogens with zero attached hydrogens (tertiary/aromatic N) is 2. The molecule has 2 nitrogen and oxygen atoms in total. The third-order valence-corrected chi connectivity index (χ3v) is 3.33. The molecule has 0 saturated carbocycles. The molecule has 0 atom stereocenters. The van der Waals surface area contributed by atoms with Gasteiger partial charge in [0, 0.05) is 11.6 Å². The molecule has 2 aromatic carbocycles. The first-order valence-electron chi connectivity index (χ1n) is 5.97. The molecule has 1 aromatic heterocycles. The Kier molecular flexibility index (Phi) is 3.03. The number of aryl methyl sites for hydroxylation is 2. The van der Waals surface area contributed by atoms with Crippen molar-refractivity contribution in [2.24, 2.45) is 0 Å². The van der Waals surface area contributed by atoms with Crippen molar-refractivity contribution in [2.75, 3.05) is 0 Å². The van der Waals surface area contributed by atoms with Gasteiger partial charge in [0.2, 0.25) is 0 Å². The fraction of sp³-hybridized carbons (Fsp3) is 0.133. The Morgan fingerprint density at radius 1 is 1.00 bits per heavy atom. The van der Waals surface area contributed by atoms with Crippen molar-refractivity contribution in [3.05, 3.63) is 65.4 Å². The van der Waals surface area contributed by atoms with Gasteiger partial charge in [-0.1, -0.05) is 35.9 Å². The fourth-order valence-electron chi connectivity index (χ4n) is 2.09. The monoisotopic (exact) mass is 256 g/mol. The number of fused-ring (bicyclic) bond motifs is 1. The van der Waals surface area contributed by atoms with Crippen LogP contribution in [0, 0.1) is 0 Å². The number of para-hydroxylation sites is 2. The highest BCUT2D eigenvalue weighted by Crippen LogP contribution is 2.14. The van der Waals surface area contributed by atoms with E-state index in [1.165, 1.54) is 11.1 Å². The maximum absolute atomic E-state index is 5.87. The number of benzene rings is 2. The molecule has 90 valence electrons. The Morgan fingerprint density at radius 3 is 2.61 bits per heavy atom. The summed E-state index contributed by atoms with van der Waals surface area (Å²) in [7, 11) is 0. The van der Waals surface area contributed by atoms with E-state index in [-0.39, 0.29) is 0 Å². The van der Waals surface area contributed by atoms with Gasteiger partial charge < -0.3 is 4.57 Å². The number of hydrogen-bond acceptors (Lipinski definition) is 1. The van der Waals surface area contributed by atoms with Crippen molar-refractivity contribution in [2.45, 2.75) is 13.0 Å². The van der Waals surface area contributed by atoms with Crippen molar-refractivity contribution in [1.82, 2.24) is 9.55 Å². The standard InChI is InChI=1S/C15H13ClN2/c16-13-7-5-12(6-8-13)9-10-18-11-17-14-3-1-2-4-15(14)18/h1-8,11H,9-10H2. The third-order valence-electron chi connectivity index (χ3n) is 3.08. The average Bonchev–Trinajstić information content (AvgIpc) is 2.82. The van der Waals surface area contributed by atoms with Crippen molar-refractivity contribution in [1.29, 1.82) is 0 Å². The summed E-state index contributed by atoms with van der Waals surface area (Å²) >= 11 is 5.87. The molecular weight excluding hydrogens is 244 g/mol. The first-order chi connectivity index (χ1) is 8.83. The van der Waals surface area contributed by atoms with Gasteiger partial charge in [-0.25, -0.2) is 4.98 Å². The summed E-state index contributed by atoms with van der Waals surface area (Å²) in [6.07, 6.45) is 2.89. The molecule has 1 heterocycles. The van der Waals surface area contributed by atoms with Crippen LogP contribution in [0.2, 0.25) is 5.02 Å². The number of aromatic nitrogens is 2. The normalized spacial score (nSPS) is 10.9. The van der Waals surface area contributed by atoms with E-state index < -0.39 is 0 Å². The Labute approximate surface area is 111 Å². The first kappa shape index (κ1) is 11.3. The number of rotatable bonds is 3. The van der Waals surface area contributed by atoms with Gasteiger partial charge in [0.05, 0.1) is 17.4 Å². The zero-order valence-corrected chi connectivity index (χ0v) is 10.6. The largest absolute Gasteiger partial charge is 0.330 e. The van der Waals surface area contributed by atoms with Crippen molar-refractivity contribution in [3.63, 3.8) is 0 Å². The Balaban J connectivity index is 1.79. The summed E-state index contributed by atoms with van der Waals surface area (Å²) in [5.74, 6) is 0. The molecule has 3 heteroatoms. The van der Waals surface area contributed by atoms with Crippen molar-refractivity contribution >= 4 is 22.6 Å². The fourth-order valence-corrected chi connectivity index (χ4v) is 2.22. The van der Waals surface area contributed by atoms with E-state index >= 15 is 0 Å². The highest BCUT2D eigenvalue weighted by molar-refractivity contribution is 6.30. The minimum Gasteiger partial charge on any atom is -0.330 e. The average molecular weight is 257 g/mol. The van der Waals surface area contributed by atoms with Crippen LogP contribution in [-0.2, 0) is 13.0 Å². The van der Waals surface area contributed by atoms with E-state index in [0.717, 1.165) is 23.5 Å². The summed E-state index contributed by atoms with van der Waals surface area (Å²) in [6, 6.07) is 16.2. The van der Waals surface area contributed by atoms with Crippen LogP contribution in [0.3, 0.4) is 0 Å². The lowest BCUT2D eigenvalue weighted by molar-refractivity contribution is 0.716. The lowest BCUT2D eigenvalue weighted by atomic mass is 10.1. The predicted octanol–water partition coefficient (Wildman–Crippen LogP) is 3.93. The second-order valence-electron chi connectivity index (χ2n) is 4.30. The smallest absolute Gasteiger partial charge is 0.0958 e. The maximum atomic E-state index is 5.87. The molecule has 3 rings (SSSR count). The maximum Gasteiger partial charge on any atom is 0.0958 e. The van der Waals surface area contributed by atoms with Crippen LogP contribution in [0.1, 0.15) is 5.56 Å². The van der Waals surface area contributed by atoms with E-state index in [1.807, 2.05) is 36.7 Å². The topological polar surface area (TPSA) is 17.8 Å². The minimum atomic E-state index is 0.784. The molecule has 0 fully saturated rings. The lowest BCUT2D eigenvalue weighted by Crippen LogP contribution is -1.99. The summed E-state index contributed by atoms with van der Waals surface area (Å²) < 4.78 is 2.18. The summed E-state index contributed by atoms with van der Waals surface area (Å²) in [4.78, 5) is 4.39. The van der Waals surface area contributed by atoms with Crippen LogP contribution in [0.15, 0.2) is 54.9 Å². The van der Waals surface area contributed by atoms with Gasteiger partial charge in [0.1, 0.15) is 0 Å². The lowest BCUT2D eigenvalue weighted by Gasteiger charge is -2.04. The van der Waals surface area contributed by atoms with Crippen LogP contribution in [0.5, 0.6) is 0 Å². The van der Waals surface area contributed by atoms with Gasteiger partial charge in [0.25, 0.3) is 0 Å². The van der Waals surface area contributed by atoms with Crippen molar-refractivity contribution in [3.8, 4) is 0 Å². The molecule has 0 aliphatic heterocycles. The quantitative estimate of drug-likeness (QED) is 0.694. The van der Waals surface area contributed by atoms with Gasteiger partial charge in [-0.15, -0.1) is 0 Å². The van der Waals surface area contributed by atoms with Crippen LogP contribution in [-0.4, -0.2) is 9.55 Å². The molecule has 0 radical (unpaired) electrons. The number of halogens is 1. The van der Waals surface area contributed by atoms with Gasteiger partial charge >= 0.3 is 0 Å². The molecule has 18 heavy (non-hydrogen) atoms. The molecule has 0 bridgehead atoms. The van der Waals surface area contributed by atoms with Crippen LogP contribution < -0.4 is 0 Å². The summed E-state index contributed by atoms with van der Waals surface area (Å²) in [5.41, 5.74) is 3.53. The molecule has 0 amide bonds. The van der Waals surface area contributed by atoms with Gasteiger partial charge in [-0.05, 0) is 36.2 Å². The molecule has 0 aliphatic rings. The zero-order chi connectivity index (χ0) is 12.4. The van der Waals surface area contributed by atoms with Gasteiger partial charge in [0.15, 0.2) is 0 Å². The Morgan fingerprint density at radius 2 is 1.78 bits per heavy atom. The summed E-state index contributed by atoms with van der Waals surface area (Å²) in [6.45, 7) is 0.933. The second-order valence-corrected chi connectivity index (χ2v) is 4.74. The van der Waals surface area contributed by atoms with Gasteiger partial charge in [-0.3, -0.25) is 0 Å². The van der Waals surface area contributed by atoms with E-state index in [1.54, 1.807) is 0 Å². The molecule has 0 spiro atoms. The number of hydrogen-bond donors (Lipinski definition) is 0. The van der Waals surface area contributed by atoms with Crippen LogP contribution >= 0.6 is 11.6 Å². The molecule has 0 saturated heterocycles. The minimum absolute atomic E-state index is 0.784. The highest BCUT2D eigenvalue weighted by atomic mass is 35.5. The van der Waals surface area contributed by atoms with E-state index in [4.69, 9.17) is 11.6 Å². The first-order valence-corrected chi connectivity index (χ1v) is 6.35. The van der Waals surface area contributed by atoms with E-state index in [2.05, 4.69) is 27.8 Å². The van der Waals surface area contributed by atoms with Crippen LogP contribution in [0.25, 0.3) is 11.0 Å². The van der Waals surface area contributed by atoms with E-state index in [0.29, 0.717) is 0 Å². The molecule has 0 unspecified atom stereocenters. The molecule has 0 aliphatic carbocycles. The zero-order valence-electron chi connectivity index (χ0n) is 9.88. The predicted molar refractivity (Wildman–Crippen MR) is 74.9 cm³/mol. The third kappa shape index (κ3) is 2.24. The highest BCUT2D eigenvalue weighted by Gasteiger charge is 2.01. The van der Waals surface area contributed by atoms with Crippen molar-refractivity contribution < 1.29 is 0 Å². The SMILES string of the molecule is Clc1ccc(CCn2cnc3ccccc32)cc1.